The zero-order chi connectivity index (χ0) is 16.8. The summed E-state index contributed by atoms with van der Waals surface area (Å²) in [7, 11) is -4.63. The molecule has 0 aromatic carbocycles. The van der Waals surface area contributed by atoms with Crippen LogP contribution in [0.25, 0.3) is 11.2 Å². The van der Waals surface area contributed by atoms with Gasteiger partial charge in [0.2, 0.25) is 0 Å². The van der Waals surface area contributed by atoms with Gasteiger partial charge in [-0.2, -0.15) is 0 Å². The van der Waals surface area contributed by atoms with Crippen LogP contribution in [-0.4, -0.2) is 53.2 Å². The van der Waals surface area contributed by atoms with E-state index in [1.165, 1.54) is 6.33 Å². The molecule has 0 spiro atoms. The summed E-state index contributed by atoms with van der Waals surface area (Å²) in [5.41, 5.74) is 6.66. The molecule has 14 heteroatoms. The van der Waals surface area contributed by atoms with Gasteiger partial charge in [-0.1, -0.05) is 0 Å². The number of rotatable bonds is 4. The van der Waals surface area contributed by atoms with Crippen LogP contribution < -0.4 is 35.3 Å². The molecule has 0 radical (unpaired) electrons. The molecule has 2 aromatic heterocycles. The second kappa shape index (κ2) is 7.78. The molecule has 1 aliphatic heterocycles. The first-order valence-corrected chi connectivity index (χ1v) is 9.04. The van der Waals surface area contributed by atoms with E-state index in [1.54, 1.807) is 4.57 Å². The topological polar surface area (TPSA) is 166 Å². The van der Waals surface area contributed by atoms with Crippen LogP contribution in [0.15, 0.2) is 6.33 Å². The van der Waals surface area contributed by atoms with Crippen molar-refractivity contribution >= 4 is 47.4 Å². The fourth-order valence-corrected chi connectivity index (χ4v) is 3.16. The molecule has 0 saturated carbocycles. The van der Waals surface area contributed by atoms with Crippen LogP contribution in [0.5, 0.6) is 0 Å². The average Bonchev–Trinajstić information content (AvgIpc) is 2.99. The molecule has 5 N–H and O–H groups in total. The Morgan fingerprint density at radius 3 is 2.92 bits per heavy atom. The number of hydrogen-bond donors (Lipinski definition) is 4. The van der Waals surface area contributed by atoms with Crippen LogP contribution in [-0.2, 0) is 13.8 Å². The summed E-state index contributed by atoms with van der Waals surface area (Å²) in [4.78, 5) is 29.8. The van der Waals surface area contributed by atoms with Crippen LogP contribution >= 0.6 is 30.4 Å². The number of phosphoric acid groups is 1. The van der Waals surface area contributed by atoms with Gasteiger partial charge in [0.05, 0.1) is 19.0 Å². The van der Waals surface area contributed by atoms with Crippen LogP contribution in [0, 0.1) is 3.83 Å². The van der Waals surface area contributed by atoms with Gasteiger partial charge in [0.1, 0.15) is 17.8 Å². The van der Waals surface area contributed by atoms with Gasteiger partial charge in [0.15, 0.2) is 15.3 Å². The number of hydrogen-bond acceptors (Lipinski definition) is 8. The minimum Gasteiger partial charge on any atom is -1.00 e. The summed E-state index contributed by atoms with van der Waals surface area (Å²) in [5.74, 6) is 0.234. The second-order valence-corrected chi connectivity index (χ2v) is 7.12. The van der Waals surface area contributed by atoms with Crippen molar-refractivity contribution in [2.45, 2.75) is 24.9 Å². The summed E-state index contributed by atoms with van der Waals surface area (Å²) >= 11 is 1.92. The maximum atomic E-state index is 10.7. The first kappa shape index (κ1) is 20.4. The fraction of sp³-hybridized carbons (Fsp3) is 0.500. The molecule has 1 fully saturated rings. The maximum absolute atomic E-state index is 10.7. The van der Waals surface area contributed by atoms with E-state index in [4.69, 9.17) is 20.3 Å². The molecule has 3 heterocycles. The van der Waals surface area contributed by atoms with Crippen molar-refractivity contribution in [1.29, 1.82) is 0 Å². The number of nitrogens with zero attached hydrogens (tertiary/aromatic N) is 4. The van der Waals surface area contributed by atoms with Gasteiger partial charge in [-0.15, -0.1) is 0 Å². The zero-order valence-electron chi connectivity index (χ0n) is 13.5. The molecule has 0 unspecified atom stereocenters. The average molecular weight is 481 g/mol. The van der Waals surface area contributed by atoms with Gasteiger partial charge in [0.25, 0.3) is 0 Å². The predicted molar refractivity (Wildman–Crippen MR) is 86.1 cm³/mol. The molecule has 0 amide bonds. The summed E-state index contributed by atoms with van der Waals surface area (Å²) in [6, 6.07) is 0. The van der Waals surface area contributed by atoms with Crippen LogP contribution in [0.4, 0.5) is 5.82 Å². The third kappa shape index (κ3) is 4.44. The molecule has 128 valence electrons. The third-order valence-electron chi connectivity index (χ3n) is 3.34. The van der Waals surface area contributed by atoms with E-state index in [-0.39, 0.29) is 43.2 Å². The molecular formula is C10H14IN5NaO6P. The van der Waals surface area contributed by atoms with Gasteiger partial charge in [-0.25, -0.2) is 19.5 Å². The van der Waals surface area contributed by atoms with E-state index in [0.717, 1.165) is 0 Å². The monoisotopic (exact) mass is 481 g/mol. The molecule has 1 saturated heterocycles. The van der Waals surface area contributed by atoms with Crippen molar-refractivity contribution in [1.82, 2.24) is 19.5 Å². The van der Waals surface area contributed by atoms with E-state index in [9.17, 15) is 9.67 Å². The Morgan fingerprint density at radius 1 is 1.54 bits per heavy atom. The molecule has 0 bridgehead atoms. The number of aliphatic hydroxyl groups is 1. The van der Waals surface area contributed by atoms with Crippen LogP contribution in [0.1, 0.15) is 14.1 Å². The SMILES string of the molecule is Nc1nc(I)nc2c1ncn2[C@H]1C[C@H](O)[C@@H](COP(=O)(O)O)O1.[H-].[Na+]. The van der Waals surface area contributed by atoms with E-state index < -0.39 is 32.9 Å². The van der Waals surface area contributed by atoms with E-state index in [2.05, 4.69) is 19.5 Å². The summed E-state index contributed by atoms with van der Waals surface area (Å²) in [5, 5.41) is 9.99. The first-order valence-electron chi connectivity index (χ1n) is 6.44. The second-order valence-electron chi connectivity index (χ2n) is 4.92. The molecule has 1 aliphatic rings. The summed E-state index contributed by atoms with van der Waals surface area (Å²) in [6.45, 7) is -0.427. The minimum absolute atomic E-state index is 0. The van der Waals surface area contributed by atoms with Gasteiger partial charge in [-0.05, 0) is 0 Å². The Bertz CT molecular complexity index is 792. The van der Waals surface area contributed by atoms with Gasteiger partial charge in [0, 0.05) is 29.0 Å². The summed E-state index contributed by atoms with van der Waals surface area (Å²) in [6.07, 6.45) is -0.757. The number of fused-ring (bicyclic) bond motifs is 1. The smallest absolute Gasteiger partial charge is 1.00 e. The Hall–Kier alpha value is 0.110. The first-order chi connectivity index (χ1) is 10.7. The Labute approximate surface area is 173 Å². The van der Waals surface area contributed by atoms with Crippen molar-refractivity contribution in [2.75, 3.05) is 12.3 Å². The number of anilines is 1. The number of imidazole rings is 1. The van der Waals surface area contributed by atoms with Gasteiger partial charge < -0.3 is 26.8 Å². The third-order valence-corrected chi connectivity index (χ3v) is 4.31. The zero-order valence-corrected chi connectivity index (χ0v) is 17.5. The number of ether oxygens (including phenoxy) is 1. The maximum Gasteiger partial charge on any atom is 1.00 e. The normalized spacial score (nSPS) is 24.2. The number of halogens is 1. The number of nitrogen functional groups attached to an aromatic ring is 1. The van der Waals surface area contributed by atoms with E-state index >= 15 is 0 Å². The van der Waals surface area contributed by atoms with Crippen molar-refractivity contribution in [3.8, 4) is 0 Å². The van der Waals surface area contributed by atoms with Crippen molar-refractivity contribution in [3.05, 3.63) is 10.2 Å². The molecule has 3 rings (SSSR count). The van der Waals surface area contributed by atoms with Gasteiger partial charge in [-0.3, -0.25) is 9.09 Å². The molecule has 0 aliphatic carbocycles. The van der Waals surface area contributed by atoms with E-state index in [0.29, 0.717) is 15.0 Å². The molecular weight excluding hydrogens is 467 g/mol. The number of nitrogens with two attached hydrogens (primary N) is 1. The summed E-state index contributed by atoms with van der Waals surface area (Å²) < 4.78 is 22.8. The number of aromatic nitrogens is 4. The number of phosphoric ester groups is 1. The van der Waals surface area contributed by atoms with Crippen molar-refractivity contribution < 1.29 is 59.7 Å². The van der Waals surface area contributed by atoms with Crippen molar-refractivity contribution in [2.24, 2.45) is 0 Å². The Kier molecular flexibility index (Phi) is 6.62. The fourth-order valence-electron chi connectivity index (χ4n) is 2.33. The van der Waals surface area contributed by atoms with Crippen molar-refractivity contribution in [3.63, 3.8) is 0 Å². The molecule has 24 heavy (non-hydrogen) atoms. The molecule has 11 nitrogen and oxygen atoms in total. The predicted octanol–water partition coefficient (Wildman–Crippen LogP) is -3.11. The quantitative estimate of drug-likeness (QED) is 0.152. The van der Waals surface area contributed by atoms with E-state index in [1.807, 2.05) is 22.6 Å². The van der Waals surface area contributed by atoms with Crippen LogP contribution in [0.3, 0.4) is 0 Å². The largest absolute Gasteiger partial charge is 1.00 e. The minimum atomic E-state index is -4.63. The Morgan fingerprint density at radius 2 is 2.25 bits per heavy atom. The molecule has 2 aromatic rings. The van der Waals surface area contributed by atoms with Gasteiger partial charge >= 0.3 is 37.4 Å². The van der Waals surface area contributed by atoms with Crippen LogP contribution in [0.2, 0.25) is 0 Å². The Balaban J connectivity index is 0.00000156. The number of aliphatic hydroxyl groups excluding tert-OH is 1. The standard InChI is InChI=1S/C10H13IN5O6P.Na.H/c11-10-14-8(12)7-9(15-10)16(3-13-7)6-1-4(17)5(22-6)2-21-23(18,19)20;;/h3-6,17H,1-2H2,(H2,12,14,15)(H2,18,19,20);;/q;+1;-1/t4-,5+,6+;;/m0../s1. The molecule has 3 atom stereocenters.